The summed E-state index contributed by atoms with van der Waals surface area (Å²) in [7, 11) is 1.26. The molecule has 0 spiro atoms. The van der Waals surface area contributed by atoms with E-state index in [1.165, 1.54) is 21.0 Å². The van der Waals surface area contributed by atoms with Gasteiger partial charge in [0, 0.05) is 6.92 Å². The molecule has 2 aliphatic heterocycles. The van der Waals surface area contributed by atoms with Crippen molar-refractivity contribution in [3.63, 3.8) is 0 Å². The molecule has 15 atom stereocenters. The van der Waals surface area contributed by atoms with E-state index >= 15 is 0 Å². The molecule has 0 aromatic rings. The fourth-order valence-corrected chi connectivity index (χ4v) is 7.72. The highest BCUT2D eigenvalue weighted by Crippen LogP contribution is 2.40. The van der Waals surface area contributed by atoms with Crippen LogP contribution in [-0.2, 0) is 42.8 Å². The maximum atomic E-state index is 12.8. The summed E-state index contributed by atoms with van der Waals surface area (Å²) in [5.74, 6) is -3.20. The molecule has 49 heavy (non-hydrogen) atoms. The number of carbonyl (C=O) groups excluding carboxylic acids is 2. The van der Waals surface area contributed by atoms with Gasteiger partial charge in [0.2, 0.25) is 5.91 Å². The van der Waals surface area contributed by atoms with Crippen LogP contribution in [0.25, 0.3) is 0 Å². The number of aliphatic hydroxyl groups excluding tert-OH is 5. The molecule has 4 aliphatic rings. The van der Waals surface area contributed by atoms with E-state index in [9.17, 15) is 45.0 Å². The number of hydrogen-bond donors (Lipinski definition) is 7. The third-order valence-electron chi connectivity index (χ3n) is 10.5. The molecule has 0 bridgehead atoms. The molecule has 7 unspecified atom stereocenters. The van der Waals surface area contributed by atoms with E-state index in [0.717, 1.165) is 32.1 Å². The highest BCUT2D eigenvalue weighted by atomic mass is 16.7. The second-order valence-electron chi connectivity index (χ2n) is 13.9. The Labute approximate surface area is 286 Å². The average Bonchev–Trinajstić information content (AvgIpc) is 3.08. The number of aliphatic carboxylic acids is 1. The summed E-state index contributed by atoms with van der Waals surface area (Å²) < 4.78 is 35.6. The van der Waals surface area contributed by atoms with Crippen LogP contribution in [0.3, 0.4) is 0 Å². The Bertz CT molecular complexity index is 1090. The Kier molecular flexibility index (Phi) is 14.6. The molecule has 2 saturated carbocycles. The van der Waals surface area contributed by atoms with Gasteiger partial charge in [-0.25, -0.2) is 4.79 Å². The van der Waals surface area contributed by atoms with Crippen LogP contribution in [0.2, 0.25) is 0 Å². The summed E-state index contributed by atoms with van der Waals surface area (Å²) in [6.07, 6.45) is -9.97. The summed E-state index contributed by atoms with van der Waals surface area (Å²) in [4.78, 5) is 37.8. The Hall–Kier alpha value is -1.99. The van der Waals surface area contributed by atoms with Gasteiger partial charge in [0.1, 0.15) is 42.7 Å². The largest absolute Gasteiger partial charge is 0.479 e. The van der Waals surface area contributed by atoms with E-state index in [0.29, 0.717) is 12.8 Å². The molecule has 0 aromatic carbocycles. The van der Waals surface area contributed by atoms with Crippen molar-refractivity contribution in [1.29, 1.82) is 0 Å². The lowest BCUT2D eigenvalue weighted by Crippen LogP contribution is -2.67. The number of carboxylic acid groups (broad SMARTS) is 1. The van der Waals surface area contributed by atoms with Gasteiger partial charge >= 0.3 is 11.9 Å². The van der Waals surface area contributed by atoms with Gasteiger partial charge in [0.05, 0.1) is 37.9 Å². The van der Waals surface area contributed by atoms with Crippen molar-refractivity contribution in [1.82, 2.24) is 5.32 Å². The first-order valence-corrected chi connectivity index (χ1v) is 17.5. The second kappa shape index (κ2) is 18.0. The minimum atomic E-state index is -1.62. The van der Waals surface area contributed by atoms with Gasteiger partial charge in [-0.1, -0.05) is 45.4 Å². The number of esters is 1. The van der Waals surface area contributed by atoms with Gasteiger partial charge in [-0.2, -0.15) is 0 Å². The highest BCUT2D eigenvalue weighted by Gasteiger charge is 2.53. The maximum Gasteiger partial charge on any atom is 0.332 e. The van der Waals surface area contributed by atoms with E-state index in [-0.39, 0.29) is 24.7 Å². The molecule has 2 aliphatic carbocycles. The first kappa shape index (κ1) is 39.8. The normalized spacial score (nSPS) is 41.1. The Balaban J connectivity index is 1.65. The lowest BCUT2D eigenvalue weighted by atomic mass is 9.76. The van der Waals surface area contributed by atoms with Crippen LogP contribution in [0.4, 0.5) is 0 Å². The van der Waals surface area contributed by atoms with Crippen LogP contribution in [-0.4, -0.2) is 142 Å². The quantitative estimate of drug-likeness (QED) is 0.121. The van der Waals surface area contributed by atoms with Crippen molar-refractivity contribution in [2.75, 3.05) is 13.7 Å². The smallest absolute Gasteiger partial charge is 0.332 e. The molecule has 4 rings (SSSR count). The molecule has 7 N–H and O–H groups in total. The number of methoxy groups -OCH3 is 1. The summed E-state index contributed by atoms with van der Waals surface area (Å²) in [5.41, 5.74) is 0. The van der Waals surface area contributed by atoms with Gasteiger partial charge in [0.15, 0.2) is 18.7 Å². The first-order chi connectivity index (χ1) is 23.3. The average molecular weight is 706 g/mol. The fourth-order valence-electron chi connectivity index (χ4n) is 7.72. The number of hydrogen-bond acceptors (Lipinski definition) is 14. The van der Waals surface area contributed by atoms with E-state index in [1.807, 2.05) is 6.92 Å². The highest BCUT2D eigenvalue weighted by molar-refractivity contribution is 5.74. The number of rotatable bonds is 13. The first-order valence-electron chi connectivity index (χ1n) is 17.5. The summed E-state index contributed by atoms with van der Waals surface area (Å²) in [5, 5.41) is 65.7. The number of nitrogens with one attached hydrogen (secondary N) is 1. The number of amides is 1. The predicted molar refractivity (Wildman–Crippen MR) is 167 cm³/mol. The zero-order chi connectivity index (χ0) is 36.0. The second-order valence-corrected chi connectivity index (χ2v) is 13.9. The third-order valence-corrected chi connectivity index (χ3v) is 10.5. The molecule has 16 nitrogen and oxygen atoms in total. The van der Waals surface area contributed by atoms with Crippen molar-refractivity contribution >= 4 is 17.8 Å². The van der Waals surface area contributed by atoms with Crippen molar-refractivity contribution in [3.8, 4) is 0 Å². The molecule has 16 heteroatoms. The summed E-state index contributed by atoms with van der Waals surface area (Å²) >= 11 is 0. The van der Waals surface area contributed by atoms with Gasteiger partial charge in [-0.05, 0) is 38.0 Å². The zero-order valence-corrected chi connectivity index (χ0v) is 28.7. The molecule has 0 radical (unpaired) electrons. The summed E-state index contributed by atoms with van der Waals surface area (Å²) in [6, 6.07) is -1.27. The molecular formula is C33H55NO15. The number of ether oxygens (including phenoxy) is 6. The number of carbonyl (C=O) groups is 3. The van der Waals surface area contributed by atoms with Gasteiger partial charge in [-0.15, -0.1) is 0 Å². The summed E-state index contributed by atoms with van der Waals surface area (Å²) in [6.45, 7) is 3.92. The van der Waals surface area contributed by atoms with Crippen LogP contribution in [0.1, 0.15) is 78.6 Å². The lowest BCUT2D eigenvalue weighted by molar-refractivity contribution is -0.338. The Morgan fingerprint density at radius 1 is 0.898 bits per heavy atom. The van der Waals surface area contributed by atoms with Crippen molar-refractivity contribution in [3.05, 3.63) is 0 Å². The monoisotopic (exact) mass is 705 g/mol. The molecular weight excluding hydrogens is 650 g/mol. The maximum absolute atomic E-state index is 12.8. The SMILES string of the molecule is CCC1CC(C(=O)OC)C[C@@H](O[C@@H]2O[C@@H](CO)[C@H](O)C(O[C@@H](CC3CCCCC3)C(=O)O)C2NC(C)=O)C1OC1O[C@@H](C)C(O)[C@H](O)[C@@H]1O. The van der Waals surface area contributed by atoms with Crippen LogP contribution in [0, 0.1) is 17.8 Å². The molecule has 1 amide bonds. The minimum Gasteiger partial charge on any atom is -0.479 e. The predicted octanol–water partition coefficient (Wildman–Crippen LogP) is -0.415. The van der Waals surface area contributed by atoms with Gasteiger partial charge in [0.25, 0.3) is 0 Å². The van der Waals surface area contributed by atoms with Crippen LogP contribution < -0.4 is 5.32 Å². The van der Waals surface area contributed by atoms with Crippen molar-refractivity contribution in [2.45, 2.75) is 158 Å². The molecule has 2 saturated heterocycles. The number of aliphatic hydroxyl groups is 5. The molecule has 4 fully saturated rings. The molecule has 2 heterocycles. The topological polar surface area (TPSA) is 240 Å². The minimum absolute atomic E-state index is 0.0291. The number of carboxylic acids is 1. The van der Waals surface area contributed by atoms with E-state index < -0.39 is 110 Å². The third kappa shape index (κ3) is 9.67. The zero-order valence-electron chi connectivity index (χ0n) is 28.7. The standard InChI is InChI=1S/C33H55NO15/c1-5-18-12-19(31(43)44-4)13-20(28(18)49-33-27(40)26(39)24(37)15(2)45-33)47-32-23(34-16(3)36)29(25(38)22(14-35)48-32)46-21(30(41)42)11-17-9-7-6-8-10-17/h15,17-29,32-33,35,37-40H,5-14H2,1-4H3,(H,34,36)(H,41,42)/t15-,18?,19?,20+,21-,22-,23?,24?,25-,26-,27-,28?,29?,32+,33?/m0/s1. The fraction of sp³-hybridized carbons (Fsp3) is 0.909. The van der Waals surface area contributed by atoms with E-state index in [1.54, 1.807) is 0 Å². The molecule has 0 aromatic heterocycles. The van der Waals surface area contributed by atoms with Crippen molar-refractivity contribution < 1.29 is 73.4 Å². The van der Waals surface area contributed by atoms with E-state index in [2.05, 4.69) is 5.32 Å². The van der Waals surface area contributed by atoms with Gasteiger partial charge < -0.3 is 64.4 Å². The van der Waals surface area contributed by atoms with Crippen LogP contribution >= 0.6 is 0 Å². The van der Waals surface area contributed by atoms with Crippen LogP contribution in [0.5, 0.6) is 0 Å². The Morgan fingerprint density at radius 3 is 2.18 bits per heavy atom. The molecule has 282 valence electrons. The Morgan fingerprint density at radius 2 is 1.59 bits per heavy atom. The van der Waals surface area contributed by atoms with Crippen molar-refractivity contribution in [2.24, 2.45) is 17.8 Å². The van der Waals surface area contributed by atoms with Gasteiger partial charge in [-0.3, -0.25) is 9.59 Å². The van der Waals surface area contributed by atoms with Crippen LogP contribution in [0.15, 0.2) is 0 Å². The van der Waals surface area contributed by atoms with E-state index in [4.69, 9.17) is 28.4 Å². The lowest BCUT2D eigenvalue weighted by Gasteiger charge is -2.49.